The van der Waals surface area contributed by atoms with E-state index < -0.39 is 0 Å². The molecule has 0 N–H and O–H groups in total. The van der Waals surface area contributed by atoms with Gasteiger partial charge in [0.25, 0.3) is 0 Å². The Balaban J connectivity index is 1.74. The SMILES string of the molecule is COc1cccc(Cn2nc(-c3ncccn3)c3c2CCCC3)c1. The third-order valence-corrected chi connectivity index (χ3v) is 4.50. The van der Waals surface area contributed by atoms with Crippen molar-refractivity contribution in [3.8, 4) is 17.3 Å². The second kappa shape index (κ2) is 6.43. The highest BCUT2D eigenvalue weighted by atomic mass is 16.5. The first kappa shape index (κ1) is 14.9. The lowest BCUT2D eigenvalue weighted by Crippen LogP contribution is -2.10. The molecule has 0 saturated carbocycles. The maximum atomic E-state index is 5.33. The van der Waals surface area contributed by atoms with Crippen LogP contribution in [0.15, 0.2) is 42.7 Å². The topological polar surface area (TPSA) is 52.8 Å². The minimum absolute atomic E-state index is 0.722. The molecule has 0 fully saturated rings. The Morgan fingerprint density at radius 2 is 1.92 bits per heavy atom. The van der Waals surface area contributed by atoms with Gasteiger partial charge < -0.3 is 4.74 Å². The van der Waals surface area contributed by atoms with Gasteiger partial charge in [0.2, 0.25) is 0 Å². The number of benzene rings is 1. The summed E-state index contributed by atoms with van der Waals surface area (Å²) in [7, 11) is 1.69. The fourth-order valence-corrected chi connectivity index (χ4v) is 3.35. The molecule has 0 atom stereocenters. The number of rotatable bonds is 4. The summed E-state index contributed by atoms with van der Waals surface area (Å²) in [5.74, 6) is 1.60. The highest BCUT2D eigenvalue weighted by molar-refractivity contribution is 5.57. The average Bonchev–Trinajstić information content (AvgIpc) is 3.01. The molecule has 0 radical (unpaired) electrons. The van der Waals surface area contributed by atoms with Gasteiger partial charge in [-0.1, -0.05) is 12.1 Å². The molecule has 1 aliphatic rings. The van der Waals surface area contributed by atoms with Gasteiger partial charge in [-0.15, -0.1) is 0 Å². The van der Waals surface area contributed by atoms with Crippen LogP contribution in [0.5, 0.6) is 5.75 Å². The van der Waals surface area contributed by atoms with E-state index in [2.05, 4.69) is 26.8 Å². The molecule has 122 valence electrons. The van der Waals surface area contributed by atoms with Crippen LogP contribution in [0.3, 0.4) is 0 Å². The van der Waals surface area contributed by atoms with Crippen molar-refractivity contribution in [1.82, 2.24) is 19.7 Å². The molecule has 1 aliphatic carbocycles. The van der Waals surface area contributed by atoms with Crippen molar-refractivity contribution in [2.45, 2.75) is 32.2 Å². The van der Waals surface area contributed by atoms with Gasteiger partial charge in [-0.2, -0.15) is 5.10 Å². The Morgan fingerprint density at radius 1 is 1.08 bits per heavy atom. The van der Waals surface area contributed by atoms with Crippen LogP contribution in [0.4, 0.5) is 0 Å². The lowest BCUT2D eigenvalue weighted by molar-refractivity contribution is 0.414. The molecule has 2 heterocycles. The van der Waals surface area contributed by atoms with Gasteiger partial charge in [0.1, 0.15) is 11.4 Å². The van der Waals surface area contributed by atoms with Crippen molar-refractivity contribution in [2.24, 2.45) is 0 Å². The zero-order valence-corrected chi connectivity index (χ0v) is 13.8. The summed E-state index contributed by atoms with van der Waals surface area (Å²) in [4.78, 5) is 8.80. The summed E-state index contributed by atoms with van der Waals surface area (Å²) in [5.41, 5.74) is 4.76. The third kappa shape index (κ3) is 2.77. The number of ether oxygens (including phenoxy) is 1. The molecule has 0 bridgehead atoms. The van der Waals surface area contributed by atoms with Gasteiger partial charge in [0, 0.05) is 23.7 Å². The molecule has 5 nitrogen and oxygen atoms in total. The summed E-state index contributed by atoms with van der Waals surface area (Å²) in [6.07, 6.45) is 8.10. The maximum Gasteiger partial charge on any atom is 0.180 e. The Hall–Kier alpha value is -2.69. The number of hydrogen-bond acceptors (Lipinski definition) is 4. The fraction of sp³-hybridized carbons (Fsp3) is 0.316. The monoisotopic (exact) mass is 320 g/mol. The first-order valence-corrected chi connectivity index (χ1v) is 8.34. The molecule has 24 heavy (non-hydrogen) atoms. The molecule has 0 saturated heterocycles. The van der Waals surface area contributed by atoms with Gasteiger partial charge in [-0.3, -0.25) is 4.68 Å². The second-order valence-corrected chi connectivity index (χ2v) is 6.06. The molecule has 1 aromatic carbocycles. The first-order chi connectivity index (χ1) is 11.8. The van der Waals surface area contributed by atoms with Crippen molar-refractivity contribution in [1.29, 1.82) is 0 Å². The molecule has 0 amide bonds. The Kier molecular flexibility index (Phi) is 3.99. The van der Waals surface area contributed by atoms with E-state index in [9.17, 15) is 0 Å². The van der Waals surface area contributed by atoms with Crippen molar-refractivity contribution in [3.63, 3.8) is 0 Å². The molecular weight excluding hydrogens is 300 g/mol. The summed E-state index contributed by atoms with van der Waals surface area (Å²) in [6.45, 7) is 0.742. The van der Waals surface area contributed by atoms with Crippen molar-refractivity contribution >= 4 is 0 Å². The van der Waals surface area contributed by atoms with E-state index in [1.165, 1.54) is 29.7 Å². The molecule has 2 aromatic heterocycles. The van der Waals surface area contributed by atoms with Crippen LogP contribution < -0.4 is 4.74 Å². The van der Waals surface area contributed by atoms with Crippen molar-refractivity contribution < 1.29 is 4.74 Å². The van der Waals surface area contributed by atoms with E-state index in [4.69, 9.17) is 9.84 Å². The van der Waals surface area contributed by atoms with Crippen LogP contribution in [0.2, 0.25) is 0 Å². The van der Waals surface area contributed by atoms with Crippen LogP contribution in [-0.2, 0) is 19.4 Å². The van der Waals surface area contributed by atoms with E-state index in [-0.39, 0.29) is 0 Å². The van der Waals surface area contributed by atoms with Crippen LogP contribution in [0, 0.1) is 0 Å². The molecule has 5 heteroatoms. The lowest BCUT2D eigenvalue weighted by Gasteiger charge is -2.14. The summed E-state index contributed by atoms with van der Waals surface area (Å²) in [6, 6.07) is 9.99. The zero-order valence-electron chi connectivity index (χ0n) is 13.8. The van der Waals surface area contributed by atoms with Crippen molar-refractivity contribution in [2.75, 3.05) is 7.11 Å². The van der Waals surface area contributed by atoms with Gasteiger partial charge in [0.05, 0.1) is 13.7 Å². The third-order valence-electron chi connectivity index (χ3n) is 4.50. The van der Waals surface area contributed by atoms with E-state index in [0.717, 1.165) is 36.7 Å². The normalized spacial score (nSPS) is 13.5. The number of hydrogen-bond donors (Lipinski definition) is 0. The quantitative estimate of drug-likeness (QED) is 0.740. The molecule has 0 spiro atoms. The number of fused-ring (bicyclic) bond motifs is 1. The smallest absolute Gasteiger partial charge is 0.180 e. The molecule has 4 rings (SSSR count). The van der Waals surface area contributed by atoms with Gasteiger partial charge in [-0.05, 0) is 49.4 Å². The largest absolute Gasteiger partial charge is 0.497 e. The lowest BCUT2D eigenvalue weighted by atomic mass is 9.95. The second-order valence-electron chi connectivity index (χ2n) is 6.06. The van der Waals surface area contributed by atoms with Gasteiger partial charge in [0.15, 0.2) is 5.82 Å². The summed E-state index contributed by atoms with van der Waals surface area (Å²) < 4.78 is 7.45. The maximum absolute atomic E-state index is 5.33. The Morgan fingerprint density at radius 3 is 2.75 bits per heavy atom. The fourth-order valence-electron chi connectivity index (χ4n) is 3.35. The minimum atomic E-state index is 0.722. The Bertz CT molecular complexity index is 842. The van der Waals surface area contributed by atoms with Crippen molar-refractivity contribution in [3.05, 3.63) is 59.5 Å². The standard InChI is InChI=1S/C19H20N4O/c1-24-15-7-4-6-14(12-15)13-23-17-9-3-2-8-16(17)18(22-23)19-20-10-5-11-21-19/h4-7,10-12H,2-3,8-9,13H2,1H3. The van der Waals surface area contributed by atoms with E-state index >= 15 is 0 Å². The predicted molar refractivity (Wildman–Crippen MR) is 92.0 cm³/mol. The Labute approximate surface area is 141 Å². The molecule has 0 aliphatic heterocycles. The average molecular weight is 320 g/mol. The first-order valence-electron chi connectivity index (χ1n) is 8.34. The highest BCUT2D eigenvalue weighted by Gasteiger charge is 2.23. The molecular formula is C19H20N4O. The minimum Gasteiger partial charge on any atom is -0.497 e. The van der Waals surface area contributed by atoms with E-state index in [0.29, 0.717) is 0 Å². The van der Waals surface area contributed by atoms with Crippen LogP contribution >= 0.6 is 0 Å². The number of methoxy groups -OCH3 is 1. The predicted octanol–water partition coefficient (Wildman–Crippen LogP) is 3.28. The number of nitrogens with zero attached hydrogens (tertiary/aromatic N) is 4. The van der Waals surface area contributed by atoms with Gasteiger partial charge in [-0.25, -0.2) is 9.97 Å². The van der Waals surface area contributed by atoms with Crippen LogP contribution in [0.1, 0.15) is 29.7 Å². The number of aromatic nitrogens is 4. The van der Waals surface area contributed by atoms with Gasteiger partial charge >= 0.3 is 0 Å². The van der Waals surface area contributed by atoms with Crippen LogP contribution in [0.25, 0.3) is 11.5 Å². The molecule has 3 aromatic rings. The highest BCUT2D eigenvalue weighted by Crippen LogP contribution is 2.30. The molecule has 0 unspecified atom stereocenters. The van der Waals surface area contributed by atoms with E-state index in [1.54, 1.807) is 19.5 Å². The zero-order chi connectivity index (χ0) is 16.4. The summed E-state index contributed by atoms with van der Waals surface area (Å²) in [5, 5.41) is 4.86. The summed E-state index contributed by atoms with van der Waals surface area (Å²) >= 11 is 0. The van der Waals surface area contributed by atoms with Crippen LogP contribution in [-0.4, -0.2) is 26.9 Å². The van der Waals surface area contributed by atoms with E-state index in [1.807, 2.05) is 18.2 Å².